The number of nitrogens with zero attached hydrogens (tertiary/aromatic N) is 4. The third kappa shape index (κ3) is 4.23. The lowest BCUT2D eigenvalue weighted by molar-refractivity contribution is -0.131. The van der Waals surface area contributed by atoms with Crippen molar-refractivity contribution in [1.82, 2.24) is 13.6 Å². The standard InChI is InChI=1S/C16H20N4OS2/c1-22-14-5-2-13(3-6-14)4-7-16(21)20-10-8-19(9-11-20)15-12-17-23-18-15/h2-3,5-6,12H,4,7-11H2,1H3. The molecule has 2 aromatic rings. The number of carbonyl (C=O) groups excluding carboxylic acids is 1. The van der Waals surface area contributed by atoms with E-state index in [0.29, 0.717) is 6.42 Å². The first-order chi connectivity index (χ1) is 11.3. The van der Waals surface area contributed by atoms with Crippen molar-refractivity contribution < 1.29 is 4.79 Å². The van der Waals surface area contributed by atoms with Gasteiger partial charge >= 0.3 is 0 Å². The van der Waals surface area contributed by atoms with E-state index in [9.17, 15) is 4.79 Å². The summed E-state index contributed by atoms with van der Waals surface area (Å²) in [4.78, 5) is 17.8. The van der Waals surface area contributed by atoms with E-state index in [1.807, 2.05) is 4.90 Å². The lowest BCUT2D eigenvalue weighted by atomic mass is 10.1. The number of anilines is 1. The number of thioether (sulfide) groups is 1. The van der Waals surface area contributed by atoms with Gasteiger partial charge in [0.15, 0.2) is 5.82 Å². The van der Waals surface area contributed by atoms with Gasteiger partial charge in [0.25, 0.3) is 0 Å². The fourth-order valence-electron chi connectivity index (χ4n) is 2.69. The zero-order valence-electron chi connectivity index (χ0n) is 13.1. The summed E-state index contributed by atoms with van der Waals surface area (Å²) in [5.41, 5.74) is 1.23. The summed E-state index contributed by atoms with van der Waals surface area (Å²) in [6.07, 6.45) is 5.25. The van der Waals surface area contributed by atoms with Gasteiger partial charge in [0.2, 0.25) is 5.91 Å². The molecule has 2 heterocycles. The average molecular weight is 348 g/mol. The Bertz CT molecular complexity index is 622. The van der Waals surface area contributed by atoms with Gasteiger partial charge in [-0.3, -0.25) is 4.79 Å². The molecule has 1 aliphatic rings. The first-order valence-electron chi connectivity index (χ1n) is 7.69. The fourth-order valence-corrected chi connectivity index (χ4v) is 3.53. The van der Waals surface area contributed by atoms with Gasteiger partial charge in [-0.05, 0) is 30.4 Å². The second kappa shape index (κ2) is 7.79. The maximum absolute atomic E-state index is 12.4. The first kappa shape index (κ1) is 16.3. The molecule has 1 fully saturated rings. The van der Waals surface area contributed by atoms with Crippen LogP contribution >= 0.6 is 23.5 Å². The highest BCUT2D eigenvalue weighted by Crippen LogP contribution is 2.17. The number of carbonyl (C=O) groups is 1. The average Bonchev–Trinajstić information content (AvgIpc) is 3.15. The van der Waals surface area contributed by atoms with Crippen LogP contribution in [0.15, 0.2) is 35.4 Å². The molecular formula is C16H20N4OS2. The van der Waals surface area contributed by atoms with E-state index < -0.39 is 0 Å². The second-order valence-corrected chi connectivity index (χ2v) is 6.92. The van der Waals surface area contributed by atoms with E-state index in [0.717, 1.165) is 38.4 Å². The van der Waals surface area contributed by atoms with Crippen molar-refractivity contribution in [2.75, 3.05) is 37.3 Å². The van der Waals surface area contributed by atoms with Crippen LogP contribution in [0.3, 0.4) is 0 Å². The summed E-state index contributed by atoms with van der Waals surface area (Å²) in [5.74, 6) is 1.17. The van der Waals surface area contributed by atoms with Crippen molar-refractivity contribution in [2.45, 2.75) is 17.7 Å². The van der Waals surface area contributed by atoms with Crippen LogP contribution in [0.4, 0.5) is 5.82 Å². The zero-order chi connectivity index (χ0) is 16.1. The van der Waals surface area contributed by atoms with E-state index in [1.54, 1.807) is 18.0 Å². The van der Waals surface area contributed by atoms with Crippen molar-refractivity contribution in [3.8, 4) is 0 Å². The summed E-state index contributed by atoms with van der Waals surface area (Å²) in [6.45, 7) is 3.20. The molecule has 0 N–H and O–H groups in total. The molecule has 0 unspecified atom stereocenters. The molecule has 0 atom stereocenters. The largest absolute Gasteiger partial charge is 0.351 e. The number of benzene rings is 1. The van der Waals surface area contributed by atoms with Gasteiger partial charge in [-0.15, -0.1) is 11.8 Å². The molecule has 0 radical (unpaired) electrons. The predicted molar refractivity (Wildman–Crippen MR) is 95.2 cm³/mol. The van der Waals surface area contributed by atoms with Gasteiger partial charge < -0.3 is 9.80 Å². The van der Waals surface area contributed by atoms with Crippen LogP contribution in [-0.2, 0) is 11.2 Å². The van der Waals surface area contributed by atoms with Crippen molar-refractivity contribution in [3.63, 3.8) is 0 Å². The lowest BCUT2D eigenvalue weighted by Gasteiger charge is -2.34. The minimum absolute atomic E-state index is 0.245. The predicted octanol–water partition coefficient (Wildman–Crippen LogP) is 2.54. The number of hydrogen-bond acceptors (Lipinski definition) is 6. The van der Waals surface area contributed by atoms with E-state index in [2.05, 4.69) is 44.2 Å². The Balaban J connectivity index is 1.45. The van der Waals surface area contributed by atoms with E-state index in [4.69, 9.17) is 0 Å². The summed E-state index contributed by atoms with van der Waals surface area (Å²) in [5, 5.41) is 0. The molecule has 1 aliphatic heterocycles. The van der Waals surface area contributed by atoms with E-state index in [-0.39, 0.29) is 5.91 Å². The zero-order valence-corrected chi connectivity index (χ0v) is 14.8. The summed E-state index contributed by atoms with van der Waals surface area (Å²) < 4.78 is 8.28. The van der Waals surface area contributed by atoms with Crippen molar-refractivity contribution in [3.05, 3.63) is 36.0 Å². The Kier molecular flexibility index (Phi) is 5.51. The molecule has 5 nitrogen and oxygen atoms in total. The number of aromatic nitrogens is 2. The van der Waals surface area contributed by atoms with E-state index >= 15 is 0 Å². The molecular weight excluding hydrogens is 328 g/mol. The maximum Gasteiger partial charge on any atom is 0.223 e. The molecule has 0 aliphatic carbocycles. The van der Waals surface area contributed by atoms with Gasteiger partial charge in [-0.1, -0.05) is 12.1 Å². The smallest absolute Gasteiger partial charge is 0.223 e. The summed E-state index contributed by atoms with van der Waals surface area (Å²) in [6, 6.07) is 8.47. The molecule has 0 spiro atoms. The Hall–Kier alpha value is -1.60. The summed E-state index contributed by atoms with van der Waals surface area (Å²) in [7, 11) is 0. The van der Waals surface area contributed by atoms with Crippen LogP contribution in [0.25, 0.3) is 0 Å². The Labute approximate surface area is 145 Å². The van der Waals surface area contributed by atoms with Gasteiger partial charge in [0.05, 0.1) is 17.9 Å². The molecule has 1 amide bonds. The number of amides is 1. The highest BCUT2D eigenvalue weighted by molar-refractivity contribution is 7.98. The number of hydrogen-bond donors (Lipinski definition) is 0. The second-order valence-electron chi connectivity index (χ2n) is 5.48. The van der Waals surface area contributed by atoms with Crippen LogP contribution in [0.5, 0.6) is 0 Å². The molecule has 7 heteroatoms. The molecule has 1 aromatic heterocycles. The summed E-state index contributed by atoms with van der Waals surface area (Å²) >= 11 is 2.96. The van der Waals surface area contributed by atoms with Crippen LogP contribution in [-0.4, -0.2) is 52.0 Å². The maximum atomic E-state index is 12.4. The van der Waals surface area contributed by atoms with Gasteiger partial charge in [0.1, 0.15) is 0 Å². The normalized spacial score (nSPS) is 15.0. The van der Waals surface area contributed by atoms with Gasteiger partial charge in [-0.25, -0.2) is 0 Å². The third-order valence-corrected chi connectivity index (χ3v) is 5.30. The van der Waals surface area contributed by atoms with Crippen LogP contribution in [0.1, 0.15) is 12.0 Å². The molecule has 23 heavy (non-hydrogen) atoms. The third-order valence-electron chi connectivity index (χ3n) is 4.09. The van der Waals surface area contributed by atoms with Crippen LogP contribution in [0.2, 0.25) is 0 Å². The molecule has 3 rings (SSSR count). The molecule has 1 aromatic carbocycles. The lowest BCUT2D eigenvalue weighted by Crippen LogP contribution is -2.49. The number of aryl methyl sites for hydroxylation is 1. The van der Waals surface area contributed by atoms with Gasteiger partial charge in [0, 0.05) is 37.5 Å². The molecule has 122 valence electrons. The van der Waals surface area contributed by atoms with Crippen LogP contribution in [0, 0.1) is 0 Å². The Morgan fingerprint density at radius 1 is 1.22 bits per heavy atom. The topological polar surface area (TPSA) is 49.3 Å². The minimum Gasteiger partial charge on any atom is -0.351 e. The molecule has 0 saturated carbocycles. The quantitative estimate of drug-likeness (QED) is 0.777. The van der Waals surface area contributed by atoms with Gasteiger partial charge in [-0.2, -0.15) is 8.75 Å². The molecule has 1 saturated heterocycles. The first-order valence-corrected chi connectivity index (χ1v) is 9.65. The van der Waals surface area contributed by atoms with E-state index in [1.165, 1.54) is 22.2 Å². The molecule has 0 bridgehead atoms. The fraction of sp³-hybridized carbons (Fsp3) is 0.438. The number of rotatable bonds is 5. The van der Waals surface area contributed by atoms with Crippen molar-refractivity contribution >= 4 is 35.2 Å². The Morgan fingerprint density at radius 3 is 2.57 bits per heavy atom. The monoisotopic (exact) mass is 348 g/mol. The highest BCUT2D eigenvalue weighted by atomic mass is 32.2. The van der Waals surface area contributed by atoms with Crippen LogP contribution < -0.4 is 4.90 Å². The number of piperazine rings is 1. The minimum atomic E-state index is 0.245. The SMILES string of the molecule is CSc1ccc(CCC(=O)N2CCN(c3cnsn3)CC2)cc1. The van der Waals surface area contributed by atoms with Crippen molar-refractivity contribution in [2.24, 2.45) is 0 Å². The van der Waals surface area contributed by atoms with Crippen molar-refractivity contribution in [1.29, 1.82) is 0 Å². The highest BCUT2D eigenvalue weighted by Gasteiger charge is 2.22. The Morgan fingerprint density at radius 2 is 1.96 bits per heavy atom.